The topological polar surface area (TPSA) is 154 Å². The molecule has 0 atom stereocenters. The number of carbonyl (C=O) groups excluding carboxylic acids is 1. The van der Waals surface area contributed by atoms with Gasteiger partial charge in [-0.1, -0.05) is 12.1 Å². The van der Waals surface area contributed by atoms with Crippen LogP contribution in [0.3, 0.4) is 0 Å². The molecule has 198 valence electrons. The van der Waals surface area contributed by atoms with E-state index in [4.69, 9.17) is 10.2 Å². The summed E-state index contributed by atoms with van der Waals surface area (Å²) in [5, 5.41) is 24.5. The summed E-state index contributed by atoms with van der Waals surface area (Å²) in [5.41, 5.74) is 0.893. The Kier molecular flexibility index (Phi) is 8.98. The standard InChI is InChI=1S/C21H18F3N5O.C4H4O4/c22-21(23,24)14-3-1-4-15(9-14)27-18-11-19(26-12-25-18)28-16-5-2-6-17(10-16)29-20(30)13-7-8-13;5-3(6)1-2-4(7)8/h1-6,9-13H,7-8H2,(H,29,30)(H2,25,26,27,28);1-2H,(H,5,6)(H,7,8)/b;2-1+. The summed E-state index contributed by atoms with van der Waals surface area (Å²) in [5.74, 6) is -1.61. The molecule has 1 saturated carbocycles. The van der Waals surface area contributed by atoms with Crippen molar-refractivity contribution in [1.29, 1.82) is 0 Å². The third-order valence-corrected chi connectivity index (χ3v) is 4.85. The molecule has 0 unspecified atom stereocenters. The molecule has 1 amide bonds. The first-order valence-corrected chi connectivity index (χ1v) is 11.1. The first kappa shape index (κ1) is 27.6. The Morgan fingerprint density at radius 3 is 1.87 bits per heavy atom. The van der Waals surface area contributed by atoms with Crippen LogP contribution in [0.15, 0.2) is 73.1 Å². The molecule has 0 spiro atoms. The summed E-state index contributed by atoms with van der Waals surface area (Å²) in [6.07, 6.45) is -0.156. The van der Waals surface area contributed by atoms with Gasteiger partial charge in [0.2, 0.25) is 5.91 Å². The number of aliphatic carboxylic acids is 2. The van der Waals surface area contributed by atoms with E-state index in [1.54, 1.807) is 24.3 Å². The number of carbonyl (C=O) groups is 3. The molecule has 2 aromatic carbocycles. The number of carboxylic acid groups (broad SMARTS) is 2. The molecule has 38 heavy (non-hydrogen) atoms. The maximum atomic E-state index is 12.9. The van der Waals surface area contributed by atoms with Crippen molar-refractivity contribution in [2.24, 2.45) is 5.92 Å². The van der Waals surface area contributed by atoms with Crippen molar-refractivity contribution in [2.75, 3.05) is 16.0 Å². The lowest BCUT2D eigenvalue weighted by Crippen LogP contribution is -2.13. The van der Waals surface area contributed by atoms with Crippen molar-refractivity contribution in [3.63, 3.8) is 0 Å². The maximum absolute atomic E-state index is 12.9. The average Bonchev–Trinajstić information content (AvgIpc) is 3.69. The zero-order valence-electron chi connectivity index (χ0n) is 19.6. The lowest BCUT2D eigenvalue weighted by molar-refractivity contribution is -0.137. The van der Waals surface area contributed by atoms with E-state index >= 15 is 0 Å². The number of carboxylic acids is 2. The molecule has 5 N–H and O–H groups in total. The SMILES string of the molecule is O=C(Nc1cccc(Nc2cc(Nc3cccc(C(F)(F)F)c3)ncn2)c1)C1CC1.O=C(O)/C=C/C(=O)O. The molecule has 0 radical (unpaired) electrons. The fourth-order valence-corrected chi connectivity index (χ4v) is 2.97. The van der Waals surface area contributed by atoms with Crippen LogP contribution in [0.2, 0.25) is 0 Å². The molecule has 0 bridgehead atoms. The zero-order valence-corrected chi connectivity index (χ0v) is 19.6. The second-order valence-electron chi connectivity index (χ2n) is 7.97. The third-order valence-electron chi connectivity index (χ3n) is 4.85. The molecule has 1 aliphatic rings. The van der Waals surface area contributed by atoms with Crippen LogP contribution in [0.4, 0.5) is 41.9 Å². The molecule has 3 aromatic rings. The molecule has 1 aliphatic carbocycles. The van der Waals surface area contributed by atoms with Gasteiger partial charge < -0.3 is 26.2 Å². The fourth-order valence-electron chi connectivity index (χ4n) is 2.97. The van der Waals surface area contributed by atoms with Crippen LogP contribution >= 0.6 is 0 Å². The van der Waals surface area contributed by atoms with Crippen LogP contribution in [0.5, 0.6) is 0 Å². The van der Waals surface area contributed by atoms with E-state index in [1.165, 1.54) is 18.5 Å². The molecule has 4 rings (SSSR count). The van der Waals surface area contributed by atoms with Gasteiger partial charge in [0, 0.05) is 41.2 Å². The molecule has 1 heterocycles. The number of aromatic nitrogens is 2. The number of anilines is 5. The van der Waals surface area contributed by atoms with Crippen molar-refractivity contribution in [3.8, 4) is 0 Å². The normalized spacial score (nSPS) is 12.7. The fraction of sp³-hybridized carbons (Fsp3) is 0.160. The van der Waals surface area contributed by atoms with Gasteiger partial charge in [-0.15, -0.1) is 0 Å². The molecule has 1 aromatic heterocycles. The first-order chi connectivity index (χ1) is 18.0. The van der Waals surface area contributed by atoms with E-state index in [0.717, 1.165) is 25.0 Å². The minimum Gasteiger partial charge on any atom is -0.478 e. The van der Waals surface area contributed by atoms with Crippen LogP contribution in [0, 0.1) is 5.92 Å². The van der Waals surface area contributed by atoms with Crippen molar-refractivity contribution < 1.29 is 37.8 Å². The van der Waals surface area contributed by atoms with Gasteiger partial charge in [0.05, 0.1) is 5.56 Å². The van der Waals surface area contributed by atoms with E-state index in [9.17, 15) is 27.6 Å². The number of rotatable bonds is 8. The highest BCUT2D eigenvalue weighted by atomic mass is 19.4. The second kappa shape index (κ2) is 12.3. The van der Waals surface area contributed by atoms with Gasteiger partial charge in [0.15, 0.2) is 0 Å². The number of nitrogens with zero attached hydrogens (tertiary/aromatic N) is 2. The van der Waals surface area contributed by atoms with Gasteiger partial charge in [-0.3, -0.25) is 4.79 Å². The maximum Gasteiger partial charge on any atom is 0.416 e. The highest BCUT2D eigenvalue weighted by Crippen LogP contribution is 2.32. The molecular formula is C25H22F3N5O5. The van der Waals surface area contributed by atoms with Crippen LogP contribution in [-0.2, 0) is 20.6 Å². The summed E-state index contributed by atoms with van der Waals surface area (Å²) in [6, 6.07) is 13.6. The Hall–Kier alpha value is -4.94. The number of amides is 1. The van der Waals surface area contributed by atoms with Gasteiger partial charge in [0.1, 0.15) is 18.0 Å². The Bertz CT molecular complexity index is 1330. The van der Waals surface area contributed by atoms with Crippen LogP contribution in [-0.4, -0.2) is 38.0 Å². The van der Waals surface area contributed by atoms with Gasteiger partial charge in [-0.2, -0.15) is 13.2 Å². The van der Waals surface area contributed by atoms with Gasteiger partial charge >= 0.3 is 18.1 Å². The second-order valence-corrected chi connectivity index (χ2v) is 7.97. The van der Waals surface area contributed by atoms with E-state index in [2.05, 4.69) is 25.9 Å². The van der Waals surface area contributed by atoms with Gasteiger partial charge in [0.25, 0.3) is 0 Å². The summed E-state index contributed by atoms with van der Waals surface area (Å²) in [7, 11) is 0. The van der Waals surface area contributed by atoms with E-state index < -0.39 is 23.7 Å². The average molecular weight is 529 g/mol. The first-order valence-electron chi connectivity index (χ1n) is 11.1. The van der Waals surface area contributed by atoms with Crippen molar-refractivity contribution >= 4 is 46.5 Å². The summed E-state index contributed by atoms with van der Waals surface area (Å²) in [4.78, 5) is 39.2. The number of benzene rings is 2. The van der Waals surface area contributed by atoms with Crippen molar-refractivity contribution in [3.05, 3.63) is 78.6 Å². The van der Waals surface area contributed by atoms with Crippen LogP contribution in [0.25, 0.3) is 0 Å². The predicted octanol–water partition coefficient (Wildman–Crippen LogP) is 5.04. The molecule has 13 heteroatoms. The summed E-state index contributed by atoms with van der Waals surface area (Å²) >= 11 is 0. The monoisotopic (exact) mass is 529 g/mol. The Labute approximate surface area is 214 Å². The van der Waals surface area contributed by atoms with Crippen molar-refractivity contribution in [2.45, 2.75) is 19.0 Å². The molecule has 0 saturated heterocycles. The number of hydrogen-bond donors (Lipinski definition) is 5. The van der Waals surface area contributed by atoms with Gasteiger partial charge in [-0.25, -0.2) is 19.6 Å². The summed E-state index contributed by atoms with van der Waals surface area (Å²) < 4.78 is 38.6. The van der Waals surface area contributed by atoms with Gasteiger partial charge in [-0.05, 0) is 49.2 Å². The highest BCUT2D eigenvalue weighted by molar-refractivity contribution is 5.94. The molecule has 10 nitrogen and oxygen atoms in total. The minimum absolute atomic E-state index is 0.0155. The van der Waals surface area contributed by atoms with E-state index in [0.29, 0.717) is 35.2 Å². The number of halogens is 3. The Morgan fingerprint density at radius 2 is 1.34 bits per heavy atom. The summed E-state index contributed by atoms with van der Waals surface area (Å²) in [6.45, 7) is 0. The number of nitrogens with one attached hydrogen (secondary N) is 3. The van der Waals surface area contributed by atoms with Crippen molar-refractivity contribution in [1.82, 2.24) is 9.97 Å². The van der Waals surface area contributed by atoms with Crippen LogP contribution in [0.1, 0.15) is 18.4 Å². The number of hydrogen-bond acceptors (Lipinski definition) is 7. The zero-order chi connectivity index (χ0) is 27.7. The van der Waals surface area contributed by atoms with Crippen LogP contribution < -0.4 is 16.0 Å². The Morgan fingerprint density at radius 1 is 0.816 bits per heavy atom. The third kappa shape index (κ3) is 9.26. The highest BCUT2D eigenvalue weighted by Gasteiger charge is 2.30. The molecule has 0 aliphatic heterocycles. The largest absolute Gasteiger partial charge is 0.478 e. The minimum atomic E-state index is -4.42. The van der Waals surface area contributed by atoms with E-state index in [-0.39, 0.29) is 17.5 Å². The molecular weight excluding hydrogens is 507 g/mol. The Balaban J connectivity index is 0.000000436. The smallest absolute Gasteiger partial charge is 0.416 e. The molecule has 1 fully saturated rings. The lowest BCUT2D eigenvalue weighted by atomic mass is 10.2. The quantitative estimate of drug-likeness (QED) is 0.252. The predicted molar refractivity (Wildman–Crippen MR) is 132 cm³/mol. The lowest BCUT2D eigenvalue weighted by Gasteiger charge is -2.12. The number of alkyl halides is 3. The van der Waals surface area contributed by atoms with E-state index in [1.807, 2.05) is 6.07 Å².